The fraction of sp³-hybridized carbons (Fsp3) is 0.200. The van der Waals surface area contributed by atoms with Gasteiger partial charge in [-0.1, -0.05) is 67.6 Å². The number of benzene rings is 4. The molecule has 1 aromatic heterocycles. The molecule has 0 N–H and O–H groups in total. The molecular formula is C35H30F3NO3. The summed E-state index contributed by atoms with van der Waals surface area (Å²) in [5.41, 5.74) is 4.34. The molecule has 0 amide bonds. The first-order valence-electron chi connectivity index (χ1n) is 13.8. The molecule has 0 saturated heterocycles. The predicted molar refractivity (Wildman–Crippen MR) is 157 cm³/mol. The molecular weight excluding hydrogens is 539 g/mol. The van der Waals surface area contributed by atoms with Crippen LogP contribution in [0, 0.1) is 6.92 Å². The van der Waals surface area contributed by atoms with Crippen LogP contribution in [0.3, 0.4) is 0 Å². The van der Waals surface area contributed by atoms with Gasteiger partial charge in [-0.05, 0) is 83.5 Å². The maximum atomic E-state index is 13.9. The fourth-order valence-corrected chi connectivity index (χ4v) is 4.98. The molecule has 0 atom stereocenters. The number of pyridine rings is 1. The second kappa shape index (κ2) is 12.5. The number of fused-ring (bicyclic) bond motifs is 1. The van der Waals surface area contributed by atoms with Gasteiger partial charge in [0.15, 0.2) is 0 Å². The number of alkyl halides is 3. The highest BCUT2D eigenvalue weighted by Crippen LogP contribution is 2.40. The summed E-state index contributed by atoms with van der Waals surface area (Å²) in [4.78, 5) is 16.2. The van der Waals surface area contributed by atoms with Crippen LogP contribution in [-0.4, -0.2) is 11.0 Å². The van der Waals surface area contributed by atoms with E-state index in [2.05, 4.69) is 4.98 Å². The van der Waals surface area contributed by atoms with E-state index in [9.17, 15) is 18.0 Å². The van der Waals surface area contributed by atoms with Gasteiger partial charge in [0, 0.05) is 18.0 Å². The largest absolute Gasteiger partial charge is 0.489 e. The molecule has 4 nitrogen and oxygen atoms in total. The standard InChI is InChI=1S/C35H30F3NO3/c1-3-9-32(40)42-29-15-6-11-24(18-29)22-41-28-14-7-13-26(20-28)33-27(19-25-12-5-4-10-23(25)2)21-39-34-30(33)16-8-17-31(34)35(36,37)38/h4-8,10-18,20-21H,3,9,19,22H2,1-2H3. The lowest BCUT2D eigenvalue weighted by molar-refractivity contribution is -0.136. The van der Waals surface area contributed by atoms with Crippen LogP contribution < -0.4 is 9.47 Å². The van der Waals surface area contributed by atoms with Gasteiger partial charge in [-0.2, -0.15) is 13.2 Å². The smallest absolute Gasteiger partial charge is 0.418 e. The lowest BCUT2D eigenvalue weighted by Crippen LogP contribution is -2.07. The number of carbonyl (C=O) groups excluding carboxylic acids is 1. The van der Waals surface area contributed by atoms with E-state index in [1.54, 1.807) is 36.5 Å². The van der Waals surface area contributed by atoms with Crippen LogP contribution in [0.4, 0.5) is 13.2 Å². The van der Waals surface area contributed by atoms with Gasteiger partial charge < -0.3 is 9.47 Å². The highest BCUT2D eigenvalue weighted by Gasteiger charge is 2.33. The zero-order valence-corrected chi connectivity index (χ0v) is 23.4. The number of ether oxygens (including phenoxy) is 2. The third-order valence-corrected chi connectivity index (χ3v) is 7.04. The number of halogens is 3. The van der Waals surface area contributed by atoms with Crippen molar-refractivity contribution in [1.29, 1.82) is 0 Å². The average Bonchev–Trinajstić information content (AvgIpc) is 2.97. The third-order valence-electron chi connectivity index (χ3n) is 7.04. The monoisotopic (exact) mass is 569 g/mol. The van der Waals surface area contributed by atoms with Crippen molar-refractivity contribution in [3.63, 3.8) is 0 Å². The Morgan fingerprint density at radius 1 is 0.857 bits per heavy atom. The van der Waals surface area contributed by atoms with E-state index < -0.39 is 11.7 Å². The number of carbonyl (C=O) groups is 1. The van der Waals surface area contributed by atoms with Crippen molar-refractivity contribution in [2.75, 3.05) is 0 Å². The van der Waals surface area contributed by atoms with Crippen LogP contribution in [-0.2, 0) is 24.0 Å². The van der Waals surface area contributed by atoms with Crippen molar-refractivity contribution in [3.05, 3.63) is 125 Å². The molecule has 1 heterocycles. The van der Waals surface area contributed by atoms with Crippen LogP contribution in [0.5, 0.6) is 11.5 Å². The number of hydrogen-bond donors (Lipinski definition) is 0. The molecule has 0 radical (unpaired) electrons. The SMILES string of the molecule is CCCC(=O)Oc1cccc(COc2cccc(-c3c(Cc4ccccc4C)cnc4c(C(F)(F)F)cccc34)c2)c1. The number of esters is 1. The summed E-state index contributed by atoms with van der Waals surface area (Å²) in [5, 5.41) is 0.426. The summed E-state index contributed by atoms with van der Waals surface area (Å²) in [6.07, 6.45) is -1.43. The molecule has 0 saturated carbocycles. The van der Waals surface area contributed by atoms with Gasteiger partial charge >= 0.3 is 12.1 Å². The zero-order chi connectivity index (χ0) is 29.7. The van der Waals surface area contributed by atoms with E-state index in [4.69, 9.17) is 9.47 Å². The van der Waals surface area contributed by atoms with Gasteiger partial charge in [0.2, 0.25) is 0 Å². The molecule has 42 heavy (non-hydrogen) atoms. The molecule has 4 aromatic carbocycles. The number of rotatable bonds is 9. The lowest BCUT2D eigenvalue weighted by atomic mass is 9.91. The van der Waals surface area contributed by atoms with E-state index in [0.717, 1.165) is 33.9 Å². The minimum absolute atomic E-state index is 0.0886. The Bertz CT molecular complexity index is 1730. The third kappa shape index (κ3) is 6.62. The quantitative estimate of drug-likeness (QED) is 0.131. The minimum Gasteiger partial charge on any atom is -0.489 e. The van der Waals surface area contributed by atoms with Crippen molar-refractivity contribution in [3.8, 4) is 22.6 Å². The fourth-order valence-electron chi connectivity index (χ4n) is 4.98. The summed E-state index contributed by atoms with van der Waals surface area (Å²) in [5.74, 6) is 0.718. The number of hydrogen-bond acceptors (Lipinski definition) is 4. The second-order valence-electron chi connectivity index (χ2n) is 10.1. The molecule has 214 valence electrons. The topological polar surface area (TPSA) is 48.4 Å². The summed E-state index contributed by atoms with van der Waals surface area (Å²) < 4.78 is 53.3. The average molecular weight is 570 g/mol. The Balaban J connectivity index is 1.51. The van der Waals surface area contributed by atoms with Gasteiger partial charge in [0.25, 0.3) is 0 Å². The molecule has 0 aliphatic heterocycles. The Labute approximate surface area is 242 Å². The first-order chi connectivity index (χ1) is 20.2. The molecule has 5 aromatic rings. The molecule has 0 spiro atoms. The maximum absolute atomic E-state index is 13.9. The van der Waals surface area contributed by atoms with Crippen LogP contribution in [0.1, 0.15) is 47.6 Å². The Morgan fingerprint density at radius 3 is 2.40 bits per heavy atom. The molecule has 0 bridgehead atoms. The highest BCUT2D eigenvalue weighted by molar-refractivity contribution is 5.98. The van der Waals surface area contributed by atoms with E-state index >= 15 is 0 Å². The number of para-hydroxylation sites is 1. The van der Waals surface area contributed by atoms with Crippen molar-refractivity contribution in [1.82, 2.24) is 4.98 Å². The van der Waals surface area contributed by atoms with Crippen LogP contribution in [0.2, 0.25) is 0 Å². The highest BCUT2D eigenvalue weighted by atomic mass is 19.4. The molecule has 0 unspecified atom stereocenters. The summed E-state index contributed by atoms with van der Waals surface area (Å²) >= 11 is 0. The number of nitrogens with zero attached hydrogens (tertiary/aromatic N) is 1. The van der Waals surface area contributed by atoms with E-state index in [0.29, 0.717) is 41.7 Å². The molecule has 0 aliphatic rings. The first-order valence-corrected chi connectivity index (χ1v) is 13.8. The second-order valence-corrected chi connectivity index (χ2v) is 10.1. The zero-order valence-electron chi connectivity index (χ0n) is 23.4. The molecule has 0 fully saturated rings. The lowest BCUT2D eigenvalue weighted by Gasteiger charge is -2.17. The normalized spacial score (nSPS) is 11.5. The summed E-state index contributed by atoms with van der Waals surface area (Å²) in [6, 6.07) is 26.6. The van der Waals surface area contributed by atoms with Crippen LogP contribution in [0.15, 0.2) is 97.2 Å². The predicted octanol–water partition coefficient (Wildman–Crippen LogP) is 9.10. The van der Waals surface area contributed by atoms with Crippen LogP contribution >= 0.6 is 0 Å². The minimum atomic E-state index is -4.54. The van der Waals surface area contributed by atoms with E-state index in [1.165, 1.54) is 6.07 Å². The van der Waals surface area contributed by atoms with Gasteiger partial charge in [0.05, 0.1) is 11.1 Å². The van der Waals surface area contributed by atoms with Crippen molar-refractivity contribution < 1.29 is 27.4 Å². The Kier molecular flexibility index (Phi) is 8.57. The number of aryl methyl sites for hydroxylation is 1. The molecule has 5 rings (SSSR count). The number of aromatic nitrogens is 1. The first kappa shape index (κ1) is 28.9. The van der Waals surface area contributed by atoms with Gasteiger partial charge in [-0.3, -0.25) is 9.78 Å². The van der Waals surface area contributed by atoms with E-state index in [1.807, 2.05) is 62.4 Å². The van der Waals surface area contributed by atoms with Crippen molar-refractivity contribution in [2.45, 2.75) is 45.9 Å². The Hall–Kier alpha value is -4.65. The van der Waals surface area contributed by atoms with Gasteiger partial charge in [0.1, 0.15) is 18.1 Å². The van der Waals surface area contributed by atoms with E-state index in [-0.39, 0.29) is 18.1 Å². The van der Waals surface area contributed by atoms with Crippen LogP contribution in [0.25, 0.3) is 22.0 Å². The Morgan fingerprint density at radius 2 is 1.62 bits per heavy atom. The molecule has 7 heteroatoms. The van der Waals surface area contributed by atoms with Gasteiger partial charge in [-0.15, -0.1) is 0 Å². The van der Waals surface area contributed by atoms with Crippen molar-refractivity contribution >= 4 is 16.9 Å². The summed E-state index contributed by atoms with van der Waals surface area (Å²) in [7, 11) is 0. The maximum Gasteiger partial charge on any atom is 0.418 e. The molecule has 0 aliphatic carbocycles. The summed E-state index contributed by atoms with van der Waals surface area (Å²) in [6.45, 7) is 4.14. The van der Waals surface area contributed by atoms with Gasteiger partial charge in [-0.25, -0.2) is 0 Å². The van der Waals surface area contributed by atoms with Crippen molar-refractivity contribution in [2.24, 2.45) is 0 Å².